The fourth-order valence-electron chi connectivity index (χ4n) is 1.29. The molecule has 14 heavy (non-hydrogen) atoms. The SMILES string of the molecule is Cc1ccc(-c2ccc(P)cc2)nc1. The van der Waals surface area contributed by atoms with Crippen LogP contribution < -0.4 is 5.30 Å². The number of aromatic nitrogens is 1. The minimum atomic E-state index is 1.03. The Morgan fingerprint density at radius 2 is 1.71 bits per heavy atom. The van der Waals surface area contributed by atoms with Gasteiger partial charge >= 0.3 is 0 Å². The number of pyridine rings is 1. The highest BCUT2D eigenvalue weighted by molar-refractivity contribution is 7.27. The second kappa shape index (κ2) is 3.89. The third-order valence-electron chi connectivity index (χ3n) is 2.12. The molecular formula is C12H12NP. The van der Waals surface area contributed by atoms with Gasteiger partial charge < -0.3 is 0 Å². The summed E-state index contributed by atoms with van der Waals surface area (Å²) in [5, 5.41) is 1.20. The summed E-state index contributed by atoms with van der Waals surface area (Å²) in [6.07, 6.45) is 1.89. The third-order valence-corrected chi connectivity index (χ3v) is 2.50. The van der Waals surface area contributed by atoms with Crippen LogP contribution in [-0.2, 0) is 0 Å². The molecule has 1 atom stereocenters. The minimum Gasteiger partial charge on any atom is -0.256 e. The van der Waals surface area contributed by atoms with E-state index in [0.717, 1.165) is 11.3 Å². The van der Waals surface area contributed by atoms with Crippen LogP contribution in [0.15, 0.2) is 42.6 Å². The topological polar surface area (TPSA) is 12.9 Å². The molecule has 0 aliphatic carbocycles. The van der Waals surface area contributed by atoms with Gasteiger partial charge in [0.25, 0.3) is 0 Å². The van der Waals surface area contributed by atoms with Crippen LogP contribution in [0.3, 0.4) is 0 Å². The molecule has 0 bridgehead atoms. The lowest BCUT2D eigenvalue weighted by Gasteiger charge is -2.01. The molecule has 0 saturated carbocycles. The summed E-state index contributed by atoms with van der Waals surface area (Å²) in [6, 6.07) is 12.4. The van der Waals surface area contributed by atoms with Crippen LogP contribution in [0.25, 0.3) is 11.3 Å². The van der Waals surface area contributed by atoms with Crippen LogP contribution in [-0.4, -0.2) is 4.98 Å². The van der Waals surface area contributed by atoms with Gasteiger partial charge in [0.05, 0.1) is 5.69 Å². The molecule has 70 valence electrons. The van der Waals surface area contributed by atoms with E-state index in [1.165, 1.54) is 10.9 Å². The van der Waals surface area contributed by atoms with Crippen molar-refractivity contribution in [3.8, 4) is 11.3 Å². The number of hydrogen-bond acceptors (Lipinski definition) is 1. The van der Waals surface area contributed by atoms with Crippen molar-refractivity contribution in [1.82, 2.24) is 4.98 Å². The smallest absolute Gasteiger partial charge is 0.0702 e. The van der Waals surface area contributed by atoms with E-state index in [2.05, 4.69) is 44.6 Å². The predicted octanol–water partition coefficient (Wildman–Crippen LogP) is 2.56. The van der Waals surface area contributed by atoms with Crippen LogP contribution in [0.5, 0.6) is 0 Å². The highest BCUT2D eigenvalue weighted by Gasteiger charge is 1.97. The maximum absolute atomic E-state index is 4.37. The Balaban J connectivity index is 2.40. The van der Waals surface area contributed by atoms with Crippen molar-refractivity contribution in [2.24, 2.45) is 0 Å². The lowest BCUT2D eigenvalue weighted by Crippen LogP contribution is -1.89. The molecular weight excluding hydrogens is 189 g/mol. The van der Waals surface area contributed by atoms with Crippen LogP contribution in [0.4, 0.5) is 0 Å². The molecule has 1 aromatic heterocycles. The summed E-state index contributed by atoms with van der Waals surface area (Å²) >= 11 is 0. The summed E-state index contributed by atoms with van der Waals surface area (Å²) in [5.41, 5.74) is 3.38. The van der Waals surface area contributed by atoms with Crippen molar-refractivity contribution in [2.75, 3.05) is 0 Å². The van der Waals surface area contributed by atoms with E-state index in [4.69, 9.17) is 0 Å². The summed E-state index contributed by atoms with van der Waals surface area (Å²) in [4.78, 5) is 4.37. The molecule has 1 aromatic carbocycles. The highest BCUT2D eigenvalue weighted by atomic mass is 31.0. The van der Waals surface area contributed by atoms with Crippen molar-refractivity contribution in [3.63, 3.8) is 0 Å². The second-order valence-corrected chi connectivity index (χ2v) is 4.01. The lowest BCUT2D eigenvalue weighted by molar-refractivity contribution is 1.27. The Morgan fingerprint density at radius 1 is 1.00 bits per heavy atom. The molecule has 0 fully saturated rings. The molecule has 0 aliphatic heterocycles. The summed E-state index contributed by atoms with van der Waals surface area (Å²) in [7, 11) is 2.68. The molecule has 1 nitrogen and oxygen atoms in total. The fraction of sp³-hybridized carbons (Fsp3) is 0.0833. The van der Waals surface area contributed by atoms with E-state index in [-0.39, 0.29) is 0 Å². The quantitative estimate of drug-likeness (QED) is 0.646. The van der Waals surface area contributed by atoms with Crippen molar-refractivity contribution in [1.29, 1.82) is 0 Å². The van der Waals surface area contributed by atoms with Gasteiger partial charge in [-0.15, -0.1) is 9.24 Å². The molecule has 0 N–H and O–H groups in total. The Labute approximate surface area is 86.4 Å². The number of hydrogen-bond donors (Lipinski definition) is 0. The molecule has 0 saturated heterocycles. The Morgan fingerprint density at radius 3 is 2.29 bits per heavy atom. The summed E-state index contributed by atoms with van der Waals surface area (Å²) in [5.74, 6) is 0. The second-order valence-electron chi connectivity index (χ2n) is 3.34. The molecule has 0 spiro atoms. The molecule has 1 unspecified atom stereocenters. The van der Waals surface area contributed by atoms with Gasteiger partial charge in [-0.1, -0.05) is 30.3 Å². The van der Waals surface area contributed by atoms with E-state index in [1.807, 2.05) is 19.2 Å². The standard InChI is InChI=1S/C12H12NP/c1-9-2-7-12(13-8-9)10-3-5-11(14)6-4-10/h2-8H,14H2,1H3. The van der Waals surface area contributed by atoms with Gasteiger partial charge in [-0.05, 0) is 23.9 Å². The average Bonchev–Trinajstić information content (AvgIpc) is 2.21. The van der Waals surface area contributed by atoms with Gasteiger partial charge in [0.15, 0.2) is 0 Å². The number of nitrogens with zero attached hydrogens (tertiary/aromatic N) is 1. The monoisotopic (exact) mass is 201 g/mol. The van der Waals surface area contributed by atoms with Gasteiger partial charge in [0.1, 0.15) is 0 Å². The van der Waals surface area contributed by atoms with Crippen LogP contribution in [0.1, 0.15) is 5.56 Å². The molecule has 2 heteroatoms. The molecule has 1 heterocycles. The van der Waals surface area contributed by atoms with E-state index >= 15 is 0 Å². The fourth-order valence-corrected chi connectivity index (χ4v) is 1.48. The maximum Gasteiger partial charge on any atom is 0.0702 e. The number of aryl methyl sites for hydroxylation is 1. The predicted molar refractivity (Wildman–Crippen MR) is 63.8 cm³/mol. The zero-order valence-electron chi connectivity index (χ0n) is 8.07. The van der Waals surface area contributed by atoms with Crippen LogP contribution in [0.2, 0.25) is 0 Å². The third kappa shape index (κ3) is 2.00. The van der Waals surface area contributed by atoms with Crippen LogP contribution in [0, 0.1) is 6.92 Å². The van der Waals surface area contributed by atoms with Gasteiger partial charge in [-0.25, -0.2) is 0 Å². The lowest BCUT2D eigenvalue weighted by atomic mass is 10.1. The molecule has 0 amide bonds. The van der Waals surface area contributed by atoms with Crippen LogP contribution >= 0.6 is 9.24 Å². The minimum absolute atomic E-state index is 1.03. The Bertz CT molecular complexity index is 374. The van der Waals surface area contributed by atoms with Crippen molar-refractivity contribution < 1.29 is 0 Å². The summed E-state index contributed by atoms with van der Waals surface area (Å²) in [6.45, 7) is 2.04. The zero-order chi connectivity index (χ0) is 9.97. The summed E-state index contributed by atoms with van der Waals surface area (Å²) < 4.78 is 0. The maximum atomic E-state index is 4.37. The number of benzene rings is 1. The number of rotatable bonds is 1. The van der Waals surface area contributed by atoms with Crippen molar-refractivity contribution in [3.05, 3.63) is 48.2 Å². The van der Waals surface area contributed by atoms with E-state index in [1.54, 1.807) is 0 Å². The average molecular weight is 201 g/mol. The van der Waals surface area contributed by atoms with E-state index in [9.17, 15) is 0 Å². The normalized spacial score (nSPS) is 10.1. The molecule has 2 rings (SSSR count). The van der Waals surface area contributed by atoms with E-state index < -0.39 is 0 Å². The zero-order valence-corrected chi connectivity index (χ0v) is 9.22. The Kier molecular flexibility index (Phi) is 2.60. The van der Waals surface area contributed by atoms with Crippen molar-refractivity contribution in [2.45, 2.75) is 6.92 Å². The first-order valence-corrected chi connectivity index (χ1v) is 5.12. The van der Waals surface area contributed by atoms with Gasteiger partial charge in [-0.2, -0.15) is 0 Å². The first-order chi connectivity index (χ1) is 6.75. The first-order valence-electron chi connectivity index (χ1n) is 4.54. The first kappa shape index (κ1) is 9.36. The Hall–Kier alpha value is -1.20. The highest BCUT2D eigenvalue weighted by Crippen LogP contribution is 2.15. The van der Waals surface area contributed by atoms with Gasteiger partial charge in [-0.3, -0.25) is 4.98 Å². The van der Waals surface area contributed by atoms with Gasteiger partial charge in [0, 0.05) is 11.8 Å². The molecule has 0 aliphatic rings. The van der Waals surface area contributed by atoms with E-state index in [0.29, 0.717) is 0 Å². The molecule has 0 radical (unpaired) electrons. The van der Waals surface area contributed by atoms with Gasteiger partial charge in [0.2, 0.25) is 0 Å². The molecule has 2 aromatic rings. The largest absolute Gasteiger partial charge is 0.256 e. The van der Waals surface area contributed by atoms with Crippen molar-refractivity contribution >= 4 is 14.5 Å².